The Kier molecular flexibility index (Phi) is 3.93. The van der Waals surface area contributed by atoms with Crippen LogP contribution in [0.1, 0.15) is 6.42 Å². The first-order chi connectivity index (χ1) is 8.31. The Balaban J connectivity index is 0.00000120. The Morgan fingerprint density at radius 2 is 2.28 bits per heavy atom. The van der Waals surface area contributed by atoms with Crippen molar-refractivity contribution in [3.8, 4) is 11.5 Å². The maximum Gasteiger partial charge on any atom is 0.262 e. The number of hydrogen-bond acceptors (Lipinski definition) is 4. The highest BCUT2D eigenvalue weighted by Gasteiger charge is 2.19. The lowest BCUT2D eigenvalue weighted by Gasteiger charge is -2.19. The van der Waals surface area contributed by atoms with Gasteiger partial charge < -0.3 is 20.1 Å². The lowest BCUT2D eigenvalue weighted by Crippen LogP contribution is -2.25. The van der Waals surface area contributed by atoms with Gasteiger partial charge in [0.05, 0.1) is 5.69 Å². The second-order valence-corrected chi connectivity index (χ2v) is 4.23. The van der Waals surface area contributed by atoms with Crippen molar-refractivity contribution in [2.75, 3.05) is 25.0 Å². The van der Waals surface area contributed by atoms with E-state index in [4.69, 9.17) is 9.47 Å². The maximum absolute atomic E-state index is 11.2. The first-order valence-electron chi connectivity index (χ1n) is 5.75. The quantitative estimate of drug-likeness (QED) is 0.847. The van der Waals surface area contributed by atoms with Gasteiger partial charge in [-0.1, -0.05) is 0 Å². The van der Waals surface area contributed by atoms with Crippen LogP contribution in [0.15, 0.2) is 18.2 Å². The average molecular weight is 271 g/mol. The minimum atomic E-state index is -0.128. The Morgan fingerprint density at radius 3 is 3.06 bits per heavy atom. The molecule has 1 saturated heterocycles. The molecule has 0 radical (unpaired) electrons. The summed E-state index contributed by atoms with van der Waals surface area (Å²) >= 11 is 0. The van der Waals surface area contributed by atoms with Gasteiger partial charge in [0.25, 0.3) is 5.91 Å². The van der Waals surface area contributed by atoms with Crippen LogP contribution < -0.4 is 20.1 Å². The summed E-state index contributed by atoms with van der Waals surface area (Å²) in [5.41, 5.74) is 0.685. The smallest absolute Gasteiger partial charge is 0.262 e. The van der Waals surface area contributed by atoms with E-state index >= 15 is 0 Å². The van der Waals surface area contributed by atoms with Crippen molar-refractivity contribution < 1.29 is 14.3 Å². The topological polar surface area (TPSA) is 59.6 Å². The predicted molar refractivity (Wildman–Crippen MR) is 69.7 cm³/mol. The summed E-state index contributed by atoms with van der Waals surface area (Å²) in [5.74, 6) is 1.34. The fourth-order valence-electron chi connectivity index (χ4n) is 2.06. The molecule has 2 aliphatic heterocycles. The molecule has 2 aliphatic rings. The van der Waals surface area contributed by atoms with Gasteiger partial charge in [-0.2, -0.15) is 0 Å². The summed E-state index contributed by atoms with van der Waals surface area (Å²) in [5, 5.41) is 6.01. The number of anilines is 1. The number of hydrogen-bond donors (Lipinski definition) is 2. The summed E-state index contributed by atoms with van der Waals surface area (Å²) < 4.78 is 11.1. The number of benzene rings is 1. The molecule has 2 heterocycles. The molecule has 6 heteroatoms. The number of carbonyl (C=O) groups is 1. The van der Waals surface area contributed by atoms with Crippen LogP contribution in [-0.4, -0.2) is 31.7 Å². The highest BCUT2D eigenvalue weighted by atomic mass is 35.5. The zero-order valence-electron chi connectivity index (χ0n) is 9.77. The van der Waals surface area contributed by atoms with E-state index < -0.39 is 0 Å². The molecule has 1 amide bonds. The predicted octanol–water partition coefficient (Wildman–Crippen LogP) is 1.18. The average Bonchev–Trinajstić information content (AvgIpc) is 2.81. The lowest BCUT2D eigenvalue weighted by molar-refractivity contribution is -0.118. The highest BCUT2D eigenvalue weighted by molar-refractivity contribution is 5.95. The van der Waals surface area contributed by atoms with E-state index in [1.165, 1.54) is 0 Å². The first kappa shape index (κ1) is 13.0. The van der Waals surface area contributed by atoms with Crippen molar-refractivity contribution in [2.24, 2.45) is 0 Å². The van der Waals surface area contributed by atoms with Crippen molar-refractivity contribution in [1.29, 1.82) is 0 Å². The molecule has 5 nitrogen and oxygen atoms in total. The van der Waals surface area contributed by atoms with Gasteiger partial charge in [-0.15, -0.1) is 12.4 Å². The van der Waals surface area contributed by atoms with E-state index in [9.17, 15) is 4.79 Å². The molecule has 0 spiro atoms. The maximum atomic E-state index is 11.2. The van der Waals surface area contributed by atoms with Crippen LogP contribution in [0.3, 0.4) is 0 Å². The van der Waals surface area contributed by atoms with Crippen LogP contribution in [-0.2, 0) is 4.79 Å². The fraction of sp³-hybridized carbons (Fsp3) is 0.417. The Labute approximate surface area is 111 Å². The molecule has 0 aliphatic carbocycles. The van der Waals surface area contributed by atoms with E-state index in [-0.39, 0.29) is 31.0 Å². The summed E-state index contributed by atoms with van der Waals surface area (Å²) in [4.78, 5) is 11.2. The number of amides is 1. The SMILES string of the molecule is Cl.O=C1COc2ccc(OC3CCNC3)cc2N1. The summed E-state index contributed by atoms with van der Waals surface area (Å²) in [6.45, 7) is 1.95. The van der Waals surface area contributed by atoms with E-state index in [1.807, 2.05) is 18.2 Å². The van der Waals surface area contributed by atoms with Gasteiger partial charge in [0.1, 0.15) is 17.6 Å². The van der Waals surface area contributed by atoms with E-state index in [1.54, 1.807) is 0 Å². The van der Waals surface area contributed by atoms with Gasteiger partial charge in [-0.25, -0.2) is 0 Å². The number of nitrogens with one attached hydrogen (secondary N) is 2. The van der Waals surface area contributed by atoms with Crippen LogP contribution in [0.2, 0.25) is 0 Å². The fourth-order valence-corrected chi connectivity index (χ4v) is 2.06. The van der Waals surface area contributed by atoms with Gasteiger partial charge in [0.2, 0.25) is 0 Å². The number of fused-ring (bicyclic) bond motifs is 1. The van der Waals surface area contributed by atoms with Gasteiger partial charge >= 0.3 is 0 Å². The van der Waals surface area contributed by atoms with Gasteiger partial charge in [-0.3, -0.25) is 4.79 Å². The monoisotopic (exact) mass is 270 g/mol. The number of rotatable bonds is 2. The van der Waals surface area contributed by atoms with Crippen molar-refractivity contribution in [2.45, 2.75) is 12.5 Å². The summed E-state index contributed by atoms with van der Waals surface area (Å²) in [6, 6.07) is 5.51. The molecule has 3 rings (SSSR count). The molecule has 1 aromatic rings. The van der Waals surface area contributed by atoms with E-state index in [2.05, 4.69) is 10.6 Å². The third-order valence-electron chi connectivity index (χ3n) is 2.90. The molecule has 1 atom stereocenters. The van der Waals surface area contributed by atoms with Gasteiger partial charge in [0.15, 0.2) is 6.61 Å². The number of halogens is 1. The van der Waals surface area contributed by atoms with Gasteiger partial charge in [-0.05, 0) is 25.1 Å². The standard InChI is InChI=1S/C12H14N2O3.ClH/c15-12-7-16-11-2-1-8(5-10(11)14-12)17-9-3-4-13-6-9;/h1-2,5,9,13H,3-4,6-7H2,(H,14,15);1H. The summed E-state index contributed by atoms with van der Waals surface area (Å²) in [6.07, 6.45) is 1.23. The lowest BCUT2D eigenvalue weighted by atomic mass is 10.2. The molecule has 0 saturated carbocycles. The van der Waals surface area contributed by atoms with Crippen LogP contribution in [0.4, 0.5) is 5.69 Å². The number of carbonyl (C=O) groups excluding carboxylic acids is 1. The normalized spacial score (nSPS) is 21.3. The minimum Gasteiger partial charge on any atom is -0.489 e. The molecule has 18 heavy (non-hydrogen) atoms. The first-order valence-corrected chi connectivity index (χ1v) is 5.75. The van der Waals surface area contributed by atoms with Crippen LogP contribution in [0.5, 0.6) is 11.5 Å². The molecular formula is C12H15ClN2O3. The molecule has 1 unspecified atom stereocenters. The van der Waals surface area contributed by atoms with Crippen molar-refractivity contribution in [3.05, 3.63) is 18.2 Å². The Bertz CT molecular complexity index is 447. The van der Waals surface area contributed by atoms with E-state index in [0.717, 1.165) is 25.3 Å². The molecule has 0 aromatic heterocycles. The molecular weight excluding hydrogens is 256 g/mol. The molecule has 0 bridgehead atoms. The largest absolute Gasteiger partial charge is 0.489 e. The highest BCUT2D eigenvalue weighted by Crippen LogP contribution is 2.32. The van der Waals surface area contributed by atoms with Crippen LogP contribution in [0.25, 0.3) is 0 Å². The Morgan fingerprint density at radius 1 is 1.39 bits per heavy atom. The Hall–Kier alpha value is -1.46. The van der Waals surface area contributed by atoms with E-state index in [0.29, 0.717) is 11.4 Å². The van der Waals surface area contributed by atoms with Crippen LogP contribution in [0, 0.1) is 0 Å². The second kappa shape index (κ2) is 5.46. The molecule has 1 aromatic carbocycles. The van der Waals surface area contributed by atoms with Crippen molar-refractivity contribution >= 4 is 24.0 Å². The minimum absolute atomic E-state index is 0. The van der Waals surface area contributed by atoms with Crippen molar-refractivity contribution in [3.63, 3.8) is 0 Å². The second-order valence-electron chi connectivity index (χ2n) is 4.23. The van der Waals surface area contributed by atoms with Crippen LogP contribution >= 0.6 is 12.4 Å². The third kappa shape index (κ3) is 2.68. The zero-order valence-corrected chi connectivity index (χ0v) is 10.6. The molecule has 98 valence electrons. The zero-order chi connectivity index (χ0) is 11.7. The molecule has 2 N–H and O–H groups in total. The summed E-state index contributed by atoms with van der Waals surface area (Å²) in [7, 11) is 0. The number of ether oxygens (including phenoxy) is 2. The van der Waals surface area contributed by atoms with Crippen molar-refractivity contribution in [1.82, 2.24) is 5.32 Å². The third-order valence-corrected chi connectivity index (χ3v) is 2.90. The van der Waals surface area contributed by atoms with Gasteiger partial charge in [0, 0.05) is 12.6 Å². The molecule has 1 fully saturated rings.